The van der Waals surface area contributed by atoms with Crippen LogP contribution in [0, 0.1) is 0 Å². The lowest BCUT2D eigenvalue weighted by atomic mass is 9.97. The van der Waals surface area contributed by atoms with E-state index in [-0.39, 0.29) is 11.8 Å². The number of fused-ring (bicyclic) bond motifs is 1. The van der Waals surface area contributed by atoms with Gasteiger partial charge >= 0.3 is 0 Å². The second kappa shape index (κ2) is 6.47. The standard InChI is InChI=1S/C18H20N4O2/c23-17(12-14-13-24-16-5-2-1-4-15(14)16)21-8-10-22(11-9-21)18-19-6-3-7-20-18/h1-7,14H,8-13H2. The number of hydrogen-bond donors (Lipinski definition) is 0. The first-order chi connectivity index (χ1) is 11.8. The third-order valence-corrected chi connectivity index (χ3v) is 4.69. The summed E-state index contributed by atoms with van der Waals surface area (Å²) in [5.74, 6) is 2.03. The van der Waals surface area contributed by atoms with Gasteiger partial charge in [-0.05, 0) is 12.1 Å². The Labute approximate surface area is 141 Å². The SMILES string of the molecule is O=C(CC1COc2ccccc21)N1CCN(c2ncccn2)CC1. The van der Waals surface area contributed by atoms with Crippen molar-refractivity contribution in [2.45, 2.75) is 12.3 Å². The molecule has 1 aromatic carbocycles. The largest absolute Gasteiger partial charge is 0.493 e. The molecule has 1 fully saturated rings. The van der Waals surface area contributed by atoms with Gasteiger partial charge in [-0.25, -0.2) is 9.97 Å². The van der Waals surface area contributed by atoms with Gasteiger partial charge in [-0.15, -0.1) is 0 Å². The lowest BCUT2D eigenvalue weighted by molar-refractivity contribution is -0.132. The molecule has 0 spiro atoms. The van der Waals surface area contributed by atoms with Crippen molar-refractivity contribution >= 4 is 11.9 Å². The Morgan fingerprint density at radius 1 is 1.08 bits per heavy atom. The van der Waals surface area contributed by atoms with Crippen molar-refractivity contribution in [1.29, 1.82) is 0 Å². The highest BCUT2D eigenvalue weighted by Gasteiger charge is 2.29. The van der Waals surface area contributed by atoms with Crippen LogP contribution in [0.4, 0.5) is 5.95 Å². The van der Waals surface area contributed by atoms with E-state index in [9.17, 15) is 4.79 Å². The van der Waals surface area contributed by atoms with Gasteiger partial charge in [-0.3, -0.25) is 4.79 Å². The monoisotopic (exact) mass is 324 g/mol. The number of hydrogen-bond acceptors (Lipinski definition) is 5. The average Bonchev–Trinajstić information content (AvgIpc) is 3.06. The van der Waals surface area contributed by atoms with E-state index >= 15 is 0 Å². The zero-order valence-corrected chi connectivity index (χ0v) is 13.5. The molecule has 0 radical (unpaired) electrons. The van der Waals surface area contributed by atoms with Crippen molar-refractivity contribution in [3.05, 3.63) is 48.3 Å². The molecule has 2 aliphatic rings. The molecule has 0 saturated carbocycles. The number of carbonyl (C=O) groups is 1. The summed E-state index contributed by atoms with van der Waals surface area (Å²) in [5, 5.41) is 0. The lowest BCUT2D eigenvalue weighted by Crippen LogP contribution is -2.49. The van der Waals surface area contributed by atoms with Gasteiger partial charge in [0.25, 0.3) is 0 Å². The van der Waals surface area contributed by atoms with Crippen molar-refractivity contribution in [3.63, 3.8) is 0 Å². The molecule has 124 valence electrons. The van der Waals surface area contributed by atoms with Crippen LogP contribution >= 0.6 is 0 Å². The first kappa shape index (κ1) is 14.9. The van der Waals surface area contributed by atoms with E-state index < -0.39 is 0 Å². The van der Waals surface area contributed by atoms with Crippen molar-refractivity contribution in [1.82, 2.24) is 14.9 Å². The summed E-state index contributed by atoms with van der Waals surface area (Å²) in [6.45, 7) is 3.57. The van der Waals surface area contributed by atoms with Crippen LogP contribution in [-0.2, 0) is 4.79 Å². The van der Waals surface area contributed by atoms with Gasteiger partial charge < -0.3 is 14.5 Å². The molecular weight excluding hydrogens is 304 g/mol. The van der Waals surface area contributed by atoms with Crippen LogP contribution in [0.25, 0.3) is 0 Å². The molecule has 2 aliphatic heterocycles. The fraction of sp³-hybridized carbons (Fsp3) is 0.389. The van der Waals surface area contributed by atoms with E-state index in [2.05, 4.69) is 20.9 Å². The van der Waals surface area contributed by atoms with E-state index in [1.165, 1.54) is 0 Å². The van der Waals surface area contributed by atoms with Crippen LogP contribution in [-0.4, -0.2) is 53.6 Å². The summed E-state index contributed by atoms with van der Waals surface area (Å²) in [4.78, 5) is 25.2. The second-order valence-electron chi connectivity index (χ2n) is 6.17. The fourth-order valence-electron chi connectivity index (χ4n) is 3.35. The Kier molecular flexibility index (Phi) is 4.02. The maximum Gasteiger partial charge on any atom is 0.225 e. The van der Waals surface area contributed by atoms with Gasteiger partial charge in [-0.2, -0.15) is 0 Å². The molecule has 1 unspecified atom stereocenters. The van der Waals surface area contributed by atoms with E-state index in [4.69, 9.17) is 4.74 Å². The first-order valence-electron chi connectivity index (χ1n) is 8.33. The quantitative estimate of drug-likeness (QED) is 0.860. The zero-order valence-electron chi connectivity index (χ0n) is 13.5. The van der Waals surface area contributed by atoms with Crippen LogP contribution in [0.3, 0.4) is 0 Å². The maximum absolute atomic E-state index is 12.6. The van der Waals surface area contributed by atoms with Crippen LogP contribution in [0.5, 0.6) is 5.75 Å². The van der Waals surface area contributed by atoms with Crippen LogP contribution in [0.2, 0.25) is 0 Å². The van der Waals surface area contributed by atoms with Gasteiger partial charge in [0.2, 0.25) is 11.9 Å². The number of carbonyl (C=O) groups excluding carboxylic acids is 1. The smallest absolute Gasteiger partial charge is 0.225 e. The molecular formula is C18H20N4O2. The lowest BCUT2D eigenvalue weighted by Gasteiger charge is -2.35. The van der Waals surface area contributed by atoms with E-state index in [0.717, 1.165) is 30.4 Å². The highest BCUT2D eigenvalue weighted by atomic mass is 16.5. The Morgan fingerprint density at radius 2 is 1.83 bits per heavy atom. The minimum atomic E-state index is 0.171. The van der Waals surface area contributed by atoms with Crippen molar-refractivity contribution in [2.75, 3.05) is 37.7 Å². The maximum atomic E-state index is 12.6. The van der Waals surface area contributed by atoms with Gasteiger partial charge in [0.1, 0.15) is 5.75 Å². The van der Waals surface area contributed by atoms with E-state index in [1.807, 2.05) is 29.2 Å². The van der Waals surface area contributed by atoms with Crippen LogP contribution < -0.4 is 9.64 Å². The molecule has 6 heteroatoms. The Balaban J connectivity index is 1.34. The van der Waals surface area contributed by atoms with Crippen LogP contribution in [0.1, 0.15) is 17.9 Å². The highest BCUT2D eigenvalue weighted by molar-refractivity contribution is 5.77. The number of benzene rings is 1. The third kappa shape index (κ3) is 2.91. The highest BCUT2D eigenvalue weighted by Crippen LogP contribution is 2.35. The normalized spacial score (nSPS) is 19.8. The average molecular weight is 324 g/mol. The van der Waals surface area contributed by atoms with Gasteiger partial charge in [0, 0.05) is 56.5 Å². The summed E-state index contributed by atoms with van der Waals surface area (Å²) in [5.41, 5.74) is 1.15. The minimum Gasteiger partial charge on any atom is -0.493 e. The Morgan fingerprint density at radius 3 is 2.62 bits per heavy atom. The predicted octanol–water partition coefficient (Wildman–Crippen LogP) is 1.69. The van der Waals surface area contributed by atoms with Crippen molar-refractivity contribution in [3.8, 4) is 5.75 Å². The van der Waals surface area contributed by atoms with Crippen LogP contribution in [0.15, 0.2) is 42.7 Å². The number of rotatable bonds is 3. The van der Waals surface area contributed by atoms with Crippen molar-refractivity contribution < 1.29 is 9.53 Å². The Hall–Kier alpha value is -2.63. The number of ether oxygens (including phenoxy) is 1. The summed E-state index contributed by atoms with van der Waals surface area (Å²) >= 11 is 0. The molecule has 1 atom stereocenters. The molecule has 0 bridgehead atoms. The molecule has 0 N–H and O–H groups in total. The Bertz CT molecular complexity index is 714. The second-order valence-corrected chi connectivity index (χ2v) is 6.17. The number of para-hydroxylation sites is 1. The molecule has 2 aromatic rings. The van der Waals surface area contributed by atoms with Gasteiger partial charge in [0.15, 0.2) is 0 Å². The fourth-order valence-corrected chi connectivity index (χ4v) is 3.35. The first-order valence-corrected chi connectivity index (χ1v) is 8.33. The number of nitrogens with zero attached hydrogens (tertiary/aromatic N) is 4. The molecule has 0 aliphatic carbocycles. The molecule has 4 rings (SSSR count). The van der Waals surface area contributed by atoms with Gasteiger partial charge in [0.05, 0.1) is 6.61 Å². The number of amides is 1. The number of anilines is 1. The summed E-state index contributed by atoms with van der Waals surface area (Å²) in [6, 6.07) is 9.81. The van der Waals surface area contributed by atoms with Gasteiger partial charge in [-0.1, -0.05) is 18.2 Å². The predicted molar refractivity (Wildman–Crippen MR) is 90.1 cm³/mol. The summed E-state index contributed by atoms with van der Waals surface area (Å²) < 4.78 is 5.68. The third-order valence-electron chi connectivity index (χ3n) is 4.69. The minimum absolute atomic E-state index is 0.171. The number of aromatic nitrogens is 2. The zero-order chi connectivity index (χ0) is 16.4. The number of piperazine rings is 1. The summed E-state index contributed by atoms with van der Waals surface area (Å²) in [6.07, 6.45) is 4.01. The summed E-state index contributed by atoms with van der Waals surface area (Å²) in [7, 11) is 0. The molecule has 24 heavy (non-hydrogen) atoms. The molecule has 3 heterocycles. The molecule has 6 nitrogen and oxygen atoms in total. The van der Waals surface area contributed by atoms with E-state index in [0.29, 0.717) is 26.1 Å². The molecule has 1 saturated heterocycles. The van der Waals surface area contributed by atoms with Crippen molar-refractivity contribution in [2.24, 2.45) is 0 Å². The van der Waals surface area contributed by atoms with E-state index in [1.54, 1.807) is 12.4 Å². The topological polar surface area (TPSA) is 58.6 Å². The molecule has 1 amide bonds. The molecule has 1 aromatic heterocycles.